The van der Waals surface area contributed by atoms with Crippen molar-refractivity contribution in [3.05, 3.63) is 69.8 Å². The van der Waals surface area contributed by atoms with Crippen LogP contribution in [0, 0.1) is 27.7 Å². The fourth-order valence-electron chi connectivity index (χ4n) is 2.68. The van der Waals surface area contributed by atoms with Gasteiger partial charge in [0, 0.05) is 0 Å². The fraction of sp³-hybridized carbons (Fsp3) is 0.333. The van der Waals surface area contributed by atoms with Gasteiger partial charge in [0.1, 0.15) is 0 Å². The van der Waals surface area contributed by atoms with Crippen LogP contribution in [-0.2, 0) is 0 Å². The summed E-state index contributed by atoms with van der Waals surface area (Å²) >= 11 is 7.72. The lowest BCUT2D eigenvalue weighted by Gasteiger charge is -2.20. The van der Waals surface area contributed by atoms with E-state index in [1.54, 1.807) is 0 Å². The van der Waals surface area contributed by atoms with Crippen LogP contribution in [-0.4, -0.2) is 0 Å². The van der Waals surface area contributed by atoms with Crippen molar-refractivity contribution in [1.82, 2.24) is 0 Å². The molecule has 2 atom stereocenters. The first-order chi connectivity index (χ1) is 9.36. The molecule has 106 valence electrons. The largest absolute Gasteiger partial charge is 0.0823 e. The summed E-state index contributed by atoms with van der Waals surface area (Å²) in [5.74, 6) is 0. The molecule has 2 heteroatoms. The highest BCUT2D eigenvalue weighted by Gasteiger charge is 2.20. The van der Waals surface area contributed by atoms with Gasteiger partial charge in [0.15, 0.2) is 0 Å². The maximum absolute atomic E-state index is 3.86. The van der Waals surface area contributed by atoms with Crippen LogP contribution >= 0.6 is 31.9 Å². The minimum Gasteiger partial charge on any atom is -0.0823 e. The van der Waals surface area contributed by atoms with Crippen molar-refractivity contribution in [2.75, 3.05) is 0 Å². The van der Waals surface area contributed by atoms with E-state index in [0.717, 1.165) is 0 Å². The molecule has 0 bridgehead atoms. The summed E-state index contributed by atoms with van der Waals surface area (Å²) in [6, 6.07) is 13.4. The molecule has 0 N–H and O–H groups in total. The molecule has 0 aromatic heterocycles. The molecule has 0 spiro atoms. The van der Waals surface area contributed by atoms with E-state index < -0.39 is 0 Å². The summed E-state index contributed by atoms with van der Waals surface area (Å²) in [5, 5.41) is 0. The van der Waals surface area contributed by atoms with Gasteiger partial charge in [-0.15, -0.1) is 0 Å². The average molecular weight is 396 g/mol. The average Bonchev–Trinajstić information content (AvgIpc) is 2.34. The minimum absolute atomic E-state index is 0.266. The van der Waals surface area contributed by atoms with E-state index in [0.29, 0.717) is 0 Å². The number of hydrogen-bond donors (Lipinski definition) is 0. The molecule has 0 aliphatic heterocycles. The first-order valence-electron chi connectivity index (χ1n) is 6.81. The van der Waals surface area contributed by atoms with E-state index in [1.165, 1.54) is 33.4 Å². The van der Waals surface area contributed by atoms with E-state index in [1.807, 2.05) is 0 Å². The first-order valence-corrected chi connectivity index (χ1v) is 8.64. The van der Waals surface area contributed by atoms with Crippen molar-refractivity contribution in [2.24, 2.45) is 0 Å². The molecule has 0 aliphatic carbocycles. The Morgan fingerprint density at radius 1 is 0.550 bits per heavy atom. The smallest absolute Gasteiger partial charge is 0.0561 e. The summed E-state index contributed by atoms with van der Waals surface area (Å²) in [6.45, 7) is 8.60. The second-order valence-corrected chi connectivity index (χ2v) is 7.62. The fourth-order valence-corrected chi connectivity index (χ4v) is 3.82. The normalized spacial score (nSPS) is 14.1. The van der Waals surface area contributed by atoms with Crippen LogP contribution in [0.1, 0.15) is 43.0 Å². The third-order valence-electron chi connectivity index (χ3n) is 3.38. The molecule has 0 nitrogen and oxygen atoms in total. The molecule has 0 radical (unpaired) electrons. The Labute approximate surface area is 138 Å². The quantitative estimate of drug-likeness (QED) is 0.520. The SMILES string of the molecule is Cc1cc(C)cc([C@H](Br)[C@@H](Br)c2cc(C)cc(C)c2)c1. The van der Waals surface area contributed by atoms with Crippen molar-refractivity contribution in [2.45, 2.75) is 37.3 Å². The Bertz CT molecular complexity index is 521. The summed E-state index contributed by atoms with van der Waals surface area (Å²) < 4.78 is 0. The van der Waals surface area contributed by atoms with Crippen LogP contribution in [0.3, 0.4) is 0 Å². The van der Waals surface area contributed by atoms with Gasteiger partial charge in [-0.1, -0.05) is 90.5 Å². The lowest BCUT2D eigenvalue weighted by molar-refractivity contribution is 0.930. The third kappa shape index (κ3) is 3.73. The zero-order valence-electron chi connectivity index (χ0n) is 12.4. The van der Waals surface area contributed by atoms with Crippen LogP contribution in [0.4, 0.5) is 0 Å². The summed E-state index contributed by atoms with van der Waals surface area (Å²) in [5.41, 5.74) is 7.88. The van der Waals surface area contributed by atoms with Crippen LogP contribution in [0.25, 0.3) is 0 Å². The van der Waals surface area contributed by atoms with E-state index in [9.17, 15) is 0 Å². The minimum atomic E-state index is 0.266. The lowest BCUT2D eigenvalue weighted by atomic mass is 9.98. The van der Waals surface area contributed by atoms with Gasteiger partial charge in [-0.25, -0.2) is 0 Å². The number of hydrogen-bond acceptors (Lipinski definition) is 0. The molecule has 0 saturated carbocycles. The molecule has 20 heavy (non-hydrogen) atoms. The topological polar surface area (TPSA) is 0 Å². The first kappa shape index (κ1) is 15.8. The second-order valence-electron chi connectivity index (χ2n) is 5.65. The molecule has 0 unspecified atom stereocenters. The molecule has 2 aromatic rings. The lowest BCUT2D eigenvalue weighted by Crippen LogP contribution is -2.01. The van der Waals surface area contributed by atoms with Crippen LogP contribution in [0.15, 0.2) is 36.4 Å². The predicted octanol–water partition coefficient (Wildman–Crippen LogP) is 6.49. The highest BCUT2D eigenvalue weighted by Crippen LogP contribution is 2.43. The van der Waals surface area contributed by atoms with Gasteiger partial charge in [-0.3, -0.25) is 0 Å². The number of halogens is 2. The second kappa shape index (κ2) is 6.44. The van der Waals surface area contributed by atoms with Crippen LogP contribution < -0.4 is 0 Å². The molecule has 2 rings (SSSR count). The van der Waals surface area contributed by atoms with Crippen molar-refractivity contribution < 1.29 is 0 Å². The van der Waals surface area contributed by atoms with Gasteiger partial charge in [0.2, 0.25) is 0 Å². The molecular formula is C18H20Br2. The Kier molecular flexibility index (Phi) is 5.09. The standard InChI is InChI=1S/C18H20Br2/c1-11-5-12(2)8-15(7-11)17(19)18(20)16-9-13(3)6-14(4)10-16/h5-10,17-18H,1-4H3/t17-,18-/m0/s1. The maximum Gasteiger partial charge on any atom is 0.0561 e. The number of benzene rings is 2. The van der Waals surface area contributed by atoms with Crippen molar-refractivity contribution in [1.29, 1.82) is 0 Å². The Balaban J connectivity index is 2.34. The van der Waals surface area contributed by atoms with Gasteiger partial charge in [-0.2, -0.15) is 0 Å². The molecule has 2 aromatic carbocycles. The summed E-state index contributed by atoms with van der Waals surface area (Å²) in [7, 11) is 0. The van der Waals surface area contributed by atoms with Crippen molar-refractivity contribution in [3.8, 4) is 0 Å². The highest BCUT2D eigenvalue weighted by molar-refractivity contribution is 9.12. The predicted molar refractivity (Wildman–Crippen MR) is 95.2 cm³/mol. The molecule has 0 fully saturated rings. The number of alkyl halides is 2. The zero-order valence-corrected chi connectivity index (χ0v) is 15.5. The Morgan fingerprint density at radius 2 is 0.800 bits per heavy atom. The Morgan fingerprint density at radius 3 is 1.05 bits per heavy atom. The van der Waals surface area contributed by atoms with Crippen LogP contribution in [0.5, 0.6) is 0 Å². The molecule has 0 saturated heterocycles. The zero-order chi connectivity index (χ0) is 14.9. The highest BCUT2D eigenvalue weighted by atomic mass is 79.9. The number of aryl methyl sites for hydroxylation is 4. The summed E-state index contributed by atoms with van der Waals surface area (Å²) in [6.07, 6.45) is 0. The maximum atomic E-state index is 3.86. The van der Waals surface area contributed by atoms with Gasteiger partial charge in [0.05, 0.1) is 9.65 Å². The van der Waals surface area contributed by atoms with E-state index in [-0.39, 0.29) is 9.65 Å². The van der Waals surface area contributed by atoms with Gasteiger partial charge < -0.3 is 0 Å². The summed E-state index contributed by atoms with van der Waals surface area (Å²) in [4.78, 5) is 0.532. The molecular weight excluding hydrogens is 376 g/mol. The Hall–Kier alpha value is -0.600. The van der Waals surface area contributed by atoms with E-state index in [4.69, 9.17) is 0 Å². The van der Waals surface area contributed by atoms with Gasteiger partial charge >= 0.3 is 0 Å². The van der Waals surface area contributed by atoms with Gasteiger partial charge in [0.25, 0.3) is 0 Å². The molecule has 0 amide bonds. The van der Waals surface area contributed by atoms with Crippen molar-refractivity contribution >= 4 is 31.9 Å². The number of rotatable bonds is 3. The van der Waals surface area contributed by atoms with Crippen molar-refractivity contribution in [3.63, 3.8) is 0 Å². The van der Waals surface area contributed by atoms with Crippen LogP contribution in [0.2, 0.25) is 0 Å². The monoisotopic (exact) mass is 394 g/mol. The van der Waals surface area contributed by atoms with E-state index >= 15 is 0 Å². The molecule has 0 heterocycles. The van der Waals surface area contributed by atoms with E-state index in [2.05, 4.69) is 96.0 Å². The van der Waals surface area contributed by atoms with Gasteiger partial charge in [-0.05, 0) is 38.8 Å². The molecule has 0 aliphatic rings. The third-order valence-corrected chi connectivity index (χ3v) is 6.21.